The largest absolute Gasteiger partial charge is 0.491 e. The zero-order valence-electron chi connectivity index (χ0n) is 16.4. The average Bonchev–Trinajstić information content (AvgIpc) is 2.73. The second-order valence-electron chi connectivity index (χ2n) is 7.91. The van der Waals surface area contributed by atoms with E-state index in [1.54, 1.807) is 7.11 Å². The van der Waals surface area contributed by atoms with Gasteiger partial charge in [-0.1, -0.05) is 0 Å². The minimum absolute atomic E-state index is 0.0462. The van der Waals surface area contributed by atoms with Gasteiger partial charge >= 0.3 is 0 Å². The Labute approximate surface area is 165 Å². The fraction of sp³-hybridized carbons (Fsp3) is 0.545. The molecule has 6 heteroatoms. The first-order chi connectivity index (χ1) is 13.7. The summed E-state index contributed by atoms with van der Waals surface area (Å²) < 4.78 is 16.9. The molecule has 1 aliphatic heterocycles. The Morgan fingerprint density at radius 1 is 1.21 bits per heavy atom. The van der Waals surface area contributed by atoms with Gasteiger partial charge in [-0.3, -0.25) is 9.78 Å². The van der Waals surface area contributed by atoms with Crippen molar-refractivity contribution in [2.75, 3.05) is 26.9 Å². The van der Waals surface area contributed by atoms with Crippen LogP contribution < -0.4 is 15.2 Å². The Kier molecular flexibility index (Phi) is 5.67. The zero-order valence-corrected chi connectivity index (χ0v) is 16.4. The molecule has 2 N–H and O–H groups in total. The molecule has 0 saturated heterocycles. The molecule has 4 rings (SSSR count). The van der Waals surface area contributed by atoms with Gasteiger partial charge in [0.25, 0.3) is 0 Å². The maximum atomic E-state index is 11.4. The molecule has 1 aromatic carbocycles. The van der Waals surface area contributed by atoms with E-state index in [9.17, 15) is 4.79 Å². The Morgan fingerprint density at radius 3 is 2.79 bits per heavy atom. The number of primary amides is 1. The number of carbonyl (C=O) groups is 1. The smallest absolute Gasteiger partial charge is 0.220 e. The third-order valence-corrected chi connectivity index (χ3v) is 6.23. The number of methoxy groups -OCH3 is 1. The van der Waals surface area contributed by atoms with E-state index in [1.165, 1.54) is 5.56 Å². The number of nitrogens with zero attached hydrogens (tertiary/aromatic N) is 1. The predicted octanol–water partition coefficient (Wildman–Crippen LogP) is 3.10. The summed E-state index contributed by atoms with van der Waals surface area (Å²) in [6.07, 6.45) is 6.71. The van der Waals surface area contributed by atoms with Crippen LogP contribution in [0.25, 0.3) is 10.9 Å². The van der Waals surface area contributed by atoms with E-state index in [4.69, 9.17) is 19.9 Å². The van der Waals surface area contributed by atoms with Gasteiger partial charge in [0.05, 0.1) is 24.9 Å². The number of hydrogen-bond donors (Lipinski definition) is 1. The van der Waals surface area contributed by atoms with Crippen molar-refractivity contribution in [1.82, 2.24) is 4.98 Å². The number of ether oxygens (including phenoxy) is 3. The summed E-state index contributed by atoms with van der Waals surface area (Å²) in [5, 5.41) is 1.10. The lowest BCUT2D eigenvalue weighted by atomic mass is 9.73. The van der Waals surface area contributed by atoms with Gasteiger partial charge in [0.15, 0.2) is 0 Å². The van der Waals surface area contributed by atoms with Crippen LogP contribution in [0, 0.1) is 17.8 Å². The van der Waals surface area contributed by atoms with Crippen molar-refractivity contribution in [2.45, 2.75) is 32.1 Å². The van der Waals surface area contributed by atoms with E-state index >= 15 is 0 Å². The zero-order chi connectivity index (χ0) is 19.5. The van der Waals surface area contributed by atoms with Crippen LogP contribution in [-0.4, -0.2) is 37.8 Å². The molecule has 0 bridgehead atoms. The van der Waals surface area contributed by atoms with Crippen LogP contribution in [0.3, 0.4) is 0 Å². The first-order valence-electron chi connectivity index (χ1n) is 10.1. The molecular formula is C22H28N2O4. The van der Waals surface area contributed by atoms with Crippen molar-refractivity contribution in [3.63, 3.8) is 0 Å². The molecule has 2 aliphatic rings. The second-order valence-corrected chi connectivity index (χ2v) is 7.91. The highest BCUT2D eigenvalue weighted by Crippen LogP contribution is 2.40. The average molecular weight is 384 g/mol. The highest BCUT2D eigenvalue weighted by Gasteiger charge is 2.33. The Balaban J connectivity index is 1.53. The number of rotatable bonds is 6. The van der Waals surface area contributed by atoms with Crippen LogP contribution >= 0.6 is 0 Å². The SMILES string of the molecule is COCCOc1ccc2ncc3c(c2c1)CC(C1CCC(C(N)=O)CC1)CO3. The van der Waals surface area contributed by atoms with Crippen LogP contribution in [0.2, 0.25) is 0 Å². The third kappa shape index (κ3) is 3.92. The van der Waals surface area contributed by atoms with Gasteiger partial charge in [-0.15, -0.1) is 0 Å². The van der Waals surface area contributed by atoms with Gasteiger partial charge in [-0.25, -0.2) is 0 Å². The molecule has 1 aromatic heterocycles. The van der Waals surface area contributed by atoms with E-state index < -0.39 is 0 Å². The van der Waals surface area contributed by atoms with Crippen molar-refractivity contribution in [3.8, 4) is 11.5 Å². The normalized spacial score (nSPS) is 24.4. The third-order valence-electron chi connectivity index (χ3n) is 6.23. The van der Waals surface area contributed by atoms with Crippen molar-refractivity contribution in [3.05, 3.63) is 30.0 Å². The number of hydrogen-bond acceptors (Lipinski definition) is 5. The van der Waals surface area contributed by atoms with Crippen LogP contribution in [0.15, 0.2) is 24.4 Å². The Morgan fingerprint density at radius 2 is 2.04 bits per heavy atom. The maximum Gasteiger partial charge on any atom is 0.220 e. The molecule has 6 nitrogen and oxygen atoms in total. The number of aromatic nitrogens is 1. The molecule has 1 atom stereocenters. The van der Waals surface area contributed by atoms with Crippen molar-refractivity contribution in [2.24, 2.45) is 23.5 Å². The quantitative estimate of drug-likeness (QED) is 0.774. The topological polar surface area (TPSA) is 83.7 Å². The summed E-state index contributed by atoms with van der Waals surface area (Å²) in [7, 11) is 1.67. The molecule has 0 radical (unpaired) electrons. The van der Waals surface area contributed by atoms with E-state index in [2.05, 4.69) is 11.1 Å². The molecule has 1 saturated carbocycles. The lowest BCUT2D eigenvalue weighted by Crippen LogP contribution is -2.34. The molecule has 2 aromatic rings. The van der Waals surface area contributed by atoms with Crippen molar-refractivity contribution < 1.29 is 19.0 Å². The van der Waals surface area contributed by atoms with Gasteiger partial charge in [-0.05, 0) is 62.1 Å². The second kappa shape index (κ2) is 8.35. The molecular weight excluding hydrogens is 356 g/mol. The number of pyridine rings is 1. The summed E-state index contributed by atoms with van der Waals surface area (Å²) in [5.74, 6) is 2.64. The summed E-state index contributed by atoms with van der Waals surface area (Å²) >= 11 is 0. The van der Waals surface area contributed by atoms with Gasteiger partial charge in [-0.2, -0.15) is 0 Å². The minimum atomic E-state index is -0.151. The lowest BCUT2D eigenvalue weighted by Gasteiger charge is -2.35. The first-order valence-corrected chi connectivity index (χ1v) is 10.1. The van der Waals surface area contributed by atoms with E-state index in [-0.39, 0.29) is 11.8 Å². The van der Waals surface area contributed by atoms with E-state index in [0.717, 1.165) is 61.1 Å². The highest BCUT2D eigenvalue weighted by molar-refractivity contribution is 5.85. The monoisotopic (exact) mass is 384 g/mol. The van der Waals surface area contributed by atoms with Crippen LogP contribution in [0.1, 0.15) is 31.2 Å². The number of carbonyl (C=O) groups excluding carboxylic acids is 1. The summed E-state index contributed by atoms with van der Waals surface area (Å²) in [6, 6.07) is 6.01. The van der Waals surface area contributed by atoms with Crippen LogP contribution in [0.4, 0.5) is 0 Å². The van der Waals surface area contributed by atoms with E-state index in [0.29, 0.717) is 25.0 Å². The fourth-order valence-corrected chi connectivity index (χ4v) is 4.57. The van der Waals surface area contributed by atoms with Crippen LogP contribution in [0.5, 0.6) is 11.5 Å². The number of nitrogens with two attached hydrogens (primary N) is 1. The standard InChI is InChI=1S/C22H28N2O4/c1-26-8-9-27-17-6-7-20-18(11-17)19-10-16(13-28-21(19)12-24-20)14-2-4-15(5-3-14)22(23)25/h6-7,11-12,14-16H,2-5,8-10,13H2,1H3,(H2,23,25). The van der Waals surface area contributed by atoms with Crippen molar-refractivity contribution in [1.29, 1.82) is 0 Å². The van der Waals surface area contributed by atoms with Gasteiger partial charge < -0.3 is 19.9 Å². The lowest BCUT2D eigenvalue weighted by molar-refractivity contribution is -0.123. The number of benzene rings is 1. The molecule has 1 unspecified atom stereocenters. The van der Waals surface area contributed by atoms with Crippen LogP contribution in [-0.2, 0) is 16.0 Å². The minimum Gasteiger partial charge on any atom is -0.491 e. The molecule has 1 fully saturated rings. The van der Waals surface area contributed by atoms with E-state index in [1.807, 2.05) is 18.3 Å². The number of amides is 1. The first kappa shape index (κ1) is 19.0. The summed E-state index contributed by atoms with van der Waals surface area (Å²) in [4.78, 5) is 16.0. The van der Waals surface area contributed by atoms with Gasteiger partial charge in [0.1, 0.15) is 18.1 Å². The molecule has 0 spiro atoms. The van der Waals surface area contributed by atoms with Crippen molar-refractivity contribution >= 4 is 16.8 Å². The van der Waals surface area contributed by atoms with Gasteiger partial charge in [0.2, 0.25) is 5.91 Å². The summed E-state index contributed by atoms with van der Waals surface area (Å²) in [5.41, 5.74) is 7.66. The molecule has 1 amide bonds. The molecule has 150 valence electrons. The summed E-state index contributed by atoms with van der Waals surface area (Å²) in [6.45, 7) is 1.80. The molecule has 1 aliphatic carbocycles. The predicted molar refractivity (Wildman–Crippen MR) is 106 cm³/mol. The Bertz CT molecular complexity index is 846. The number of fused-ring (bicyclic) bond motifs is 3. The molecule has 28 heavy (non-hydrogen) atoms. The van der Waals surface area contributed by atoms with Gasteiger partial charge in [0, 0.05) is 24.0 Å². The highest BCUT2D eigenvalue weighted by atomic mass is 16.5. The maximum absolute atomic E-state index is 11.4. The fourth-order valence-electron chi connectivity index (χ4n) is 4.57. The molecule has 2 heterocycles. The Hall–Kier alpha value is -2.34.